The van der Waals surface area contributed by atoms with Crippen LogP contribution >= 0.6 is 0 Å². The van der Waals surface area contributed by atoms with Crippen LogP contribution in [-0.2, 0) is 0 Å². The van der Waals surface area contributed by atoms with Crippen molar-refractivity contribution in [3.05, 3.63) is 59.2 Å². The smallest absolute Gasteiger partial charge is 0.254 e. The minimum absolute atomic E-state index is 0.222. The molecular formula is C17H17F2NO3. The quantitative estimate of drug-likeness (QED) is 0.917. The molecule has 0 unspecified atom stereocenters. The van der Waals surface area contributed by atoms with E-state index in [1.165, 1.54) is 14.2 Å². The van der Waals surface area contributed by atoms with Crippen LogP contribution in [0.2, 0.25) is 0 Å². The molecule has 2 rings (SSSR count). The number of amides is 1. The summed E-state index contributed by atoms with van der Waals surface area (Å²) in [5, 5.41) is 2.66. The summed E-state index contributed by atoms with van der Waals surface area (Å²) in [6, 6.07) is 7.53. The second-order valence-electron chi connectivity index (χ2n) is 4.93. The summed E-state index contributed by atoms with van der Waals surface area (Å²) in [4.78, 5) is 12.2. The van der Waals surface area contributed by atoms with Crippen LogP contribution in [0.4, 0.5) is 8.78 Å². The van der Waals surface area contributed by atoms with E-state index >= 15 is 0 Å². The van der Waals surface area contributed by atoms with Gasteiger partial charge in [-0.1, -0.05) is 0 Å². The van der Waals surface area contributed by atoms with Crippen LogP contribution in [-0.4, -0.2) is 20.1 Å². The van der Waals surface area contributed by atoms with Crippen molar-refractivity contribution in [1.82, 2.24) is 5.32 Å². The average Bonchev–Trinajstić information content (AvgIpc) is 2.53. The lowest BCUT2D eigenvalue weighted by atomic mass is 10.1. The minimum Gasteiger partial charge on any atom is -0.497 e. The zero-order valence-corrected chi connectivity index (χ0v) is 13.0. The van der Waals surface area contributed by atoms with E-state index in [2.05, 4.69) is 5.32 Å². The second-order valence-corrected chi connectivity index (χ2v) is 4.93. The molecule has 122 valence electrons. The number of benzene rings is 2. The highest BCUT2D eigenvalue weighted by atomic mass is 19.1. The van der Waals surface area contributed by atoms with Crippen LogP contribution < -0.4 is 14.8 Å². The van der Waals surface area contributed by atoms with Gasteiger partial charge in [0.2, 0.25) is 0 Å². The summed E-state index contributed by atoms with van der Waals surface area (Å²) in [5.41, 5.74) is 0.461. The number of carbonyl (C=O) groups excluding carboxylic acids is 1. The molecule has 0 saturated heterocycles. The Bertz CT molecular complexity index is 719. The van der Waals surface area contributed by atoms with Gasteiger partial charge >= 0.3 is 0 Å². The molecule has 1 N–H and O–H groups in total. The van der Waals surface area contributed by atoms with Crippen molar-refractivity contribution >= 4 is 5.91 Å². The normalized spacial score (nSPS) is 11.7. The number of halogens is 2. The van der Waals surface area contributed by atoms with Crippen LogP contribution in [0.15, 0.2) is 36.4 Å². The van der Waals surface area contributed by atoms with Crippen LogP contribution in [0.5, 0.6) is 11.5 Å². The Labute approximate surface area is 133 Å². The van der Waals surface area contributed by atoms with E-state index in [0.717, 1.165) is 12.1 Å². The van der Waals surface area contributed by atoms with Gasteiger partial charge in [0.1, 0.15) is 23.1 Å². The third-order valence-corrected chi connectivity index (χ3v) is 3.43. The SMILES string of the molecule is COc1ccc(OC)c([C@H](C)NC(=O)c2ccc(F)cc2F)c1. The van der Waals surface area contributed by atoms with Crippen molar-refractivity contribution in [3.8, 4) is 11.5 Å². The lowest BCUT2D eigenvalue weighted by Crippen LogP contribution is -2.27. The average molecular weight is 321 g/mol. The third-order valence-electron chi connectivity index (χ3n) is 3.43. The summed E-state index contributed by atoms with van der Waals surface area (Å²) in [5.74, 6) is -1.11. The highest BCUT2D eigenvalue weighted by molar-refractivity contribution is 5.94. The summed E-state index contributed by atoms with van der Waals surface area (Å²) < 4.78 is 37.0. The predicted octanol–water partition coefficient (Wildman–Crippen LogP) is 3.47. The molecule has 0 spiro atoms. The first kappa shape index (κ1) is 16.7. The van der Waals surface area contributed by atoms with Gasteiger partial charge in [0.05, 0.1) is 25.8 Å². The van der Waals surface area contributed by atoms with Crippen LogP contribution in [0.3, 0.4) is 0 Å². The maximum Gasteiger partial charge on any atom is 0.254 e. The van der Waals surface area contributed by atoms with Crippen molar-refractivity contribution in [3.63, 3.8) is 0 Å². The molecule has 0 saturated carbocycles. The molecule has 0 aliphatic rings. The number of hydrogen-bond donors (Lipinski definition) is 1. The maximum absolute atomic E-state index is 13.7. The first-order chi connectivity index (χ1) is 11.0. The van der Waals surface area contributed by atoms with E-state index in [1.807, 2.05) is 0 Å². The molecule has 23 heavy (non-hydrogen) atoms. The van der Waals surface area contributed by atoms with Crippen LogP contribution in [0.1, 0.15) is 28.9 Å². The van der Waals surface area contributed by atoms with Crippen molar-refractivity contribution < 1.29 is 23.0 Å². The molecule has 0 heterocycles. The Morgan fingerprint density at radius 3 is 2.43 bits per heavy atom. The Morgan fingerprint density at radius 2 is 1.83 bits per heavy atom. The molecule has 1 amide bonds. The van der Waals surface area contributed by atoms with E-state index in [1.54, 1.807) is 25.1 Å². The van der Waals surface area contributed by atoms with Gasteiger partial charge in [0, 0.05) is 11.6 Å². The predicted molar refractivity (Wildman–Crippen MR) is 81.8 cm³/mol. The Hall–Kier alpha value is -2.63. The maximum atomic E-state index is 13.7. The largest absolute Gasteiger partial charge is 0.497 e. The van der Waals surface area contributed by atoms with E-state index in [0.29, 0.717) is 23.1 Å². The molecule has 0 aliphatic heterocycles. The fraction of sp³-hybridized carbons (Fsp3) is 0.235. The standard InChI is InChI=1S/C17H17F2NO3/c1-10(14-9-12(22-2)5-7-16(14)23-3)20-17(21)13-6-4-11(18)8-15(13)19/h4-10H,1-3H3,(H,20,21)/t10-/m0/s1. The van der Waals surface area contributed by atoms with E-state index in [9.17, 15) is 13.6 Å². The number of hydrogen-bond acceptors (Lipinski definition) is 3. The van der Waals surface area contributed by atoms with Crippen molar-refractivity contribution in [1.29, 1.82) is 0 Å². The molecule has 0 aromatic heterocycles. The summed E-state index contributed by atoms with van der Waals surface area (Å²) in [6.07, 6.45) is 0. The molecule has 2 aromatic carbocycles. The van der Waals surface area contributed by atoms with E-state index < -0.39 is 23.6 Å². The molecular weight excluding hydrogens is 304 g/mol. The lowest BCUT2D eigenvalue weighted by Gasteiger charge is -2.18. The molecule has 0 fully saturated rings. The number of ether oxygens (including phenoxy) is 2. The molecule has 0 radical (unpaired) electrons. The van der Waals surface area contributed by atoms with Gasteiger partial charge in [-0.3, -0.25) is 4.79 Å². The topological polar surface area (TPSA) is 47.6 Å². The second kappa shape index (κ2) is 7.09. The Kier molecular flexibility index (Phi) is 5.16. The molecule has 2 aromatic rings. The zero-order chi connectivity index (χ0) is 17.0. The minimum atomic E-state index is -0.910. The first-order valence-corrected chi connectivity index (χ1v) is 6.94. The Morgan fingerprint density at radius 1 is 1.09 bits per heavy atom. The summed E-state index contributed by atoms with van der Waals surface area (Å²) >= 11 is 0. The molecule has 0 aliphatic carbocycles. The summed E-state index contributed by atoms with van der Waals surface area (Å²) in [7, 11) is 3.04. The van der Waals surface area contributed by atoms with Gasteiger partial charge < -0.3 is 14.8 Å². The van der Waals surface area contributed by atoms with Gasteiger partial charge in [0.15, 0.2) is 0 Å². The molecule has 0 bridgehead atoms. The van der Waals surface area contributed by atoms with Gasteiger partial charge in [-0.2, -0.15) is 0 Å². The van der Waals surface area contributed by atoms with Crippen molar-refractivity contribution in [2.24, 2.45) is 0 Å². The third kappa shape index (κ3) is 3.77. The van der Waals surface area contributed by atoms with Gasteiger partial charge in [0.25, 0.3) is 5.91 Å². The van der Waals surface area contributed by atoms with Crippen molar-refractivity contribution in [2.45, 2.75) is 13.0 Å². The van der Waals surface area contributed by atoms with Crippen molar-refractivity contribution in [2.75, 3.05) is 14.2 Å². The number of methoxy groups -OCH3 is 2. The summed E-state index contributed by atoms with van der Waals surface area (Å²) in [6.45, 7) is 1.73. The van der Waals surface area contributed by atoms with Crippen LogP contribution in [0.25, 0.3) is 0 Å². The van der Waals surface area contributed by atoms with Gasteiger partial charge in [-0.05, 0) is 37.3 Å². The highest BCUT2D eigenvalue weighted by Gasteiger charge is 2.18. The van der Waals surface area contributed by atoms with Crippen LogP contribution in [0, 0.1) is 11.6 Å². The zero-order valence-electron chi connectivity index (χ0n) is 13.0. The molecule has 1 atom stereocenters. The number of rotatable bonds is 5. The molecule has 4 nitrogen and oxygen atoms in total. The van der Waals surface area contributed by atoms with E-state index in [4.69, 9.17) is 9.47 Å². The Balaban J connectivity index is 2.24. The lowest BCUT2D eigenvalue weighted by molar-refractivity contribution is 0.0935. The van der Waals surface area contributed by atoms with Gasteiger partial charge in [-0.15, -0.1) is 0 Å². The highest BCUT2D eigenvalue weighted by Crippen LogP contribution is 2.29. The number of nitrogens with one attached hydrogen (secondary N) is 1. The number of carbonyl (C=O) groups is 1. The first-order valence-electron chi connectivity index (χ1n) is 6.94. The molecule has 6 heteroatoms. The fourth-order valence-corrected chi connectivity index (χ4v) is 2.20. The van der Waals surface area contributed by atoms with E-state index in [-0.39, 0.29) is 5.56 Å². The van der Waals surface area contributed by atoms with Gasteiger partial charge in [-0.25, -0.2) is 8.78 Å². The monoisotopic (exact) mass is 321 g/mol. The fourth-order valence-electron chi connectivity index (χ4n) is 2.20.